The van der Waals surface area contributed by atoms with E-state index in [-0.39, 0.29) is 25.9 Å². The van der Waals surface area contributed by atoms with E-state index in [1.54, 1.807) is 0 Å². The van der Waals surface area contributed by atoms with Crippen LogP contribution in [0, 0.1) is 6.92 Å². The topological polar surface area (TPSA) is 0 Å². The smallest absolute Gasteiger partial charge is 1.00 e. The zero-order valence-electron chi connectivity index (χ0n) is 8.10. The van der Waals surface area contributed by atoms with Crippen molar-refractivity contribution in [2.24, 2.45) is 0 Å². The minimum absolute atomic E-state index is 0. The first-order valence-corrected chi connectivity index (χ1v) is 3.48. The van der Waals surface area contributed by atoms with Gasteiger partial charge in [0, 0.05) is 5.88 Å². The van der Waals surface area contributed by atoms with Gasteiger partial charge in [0.1, 0.15) is 0 Å². The van der Waals surface area contributed by atoms with Crippen molar-refractivity contribution < 1.29 is 2.85 Å². The van der Waals surface area contributed by atoms with E-state index >= 15 is 0 Å². The molecule has 0 nitrogen and oxygen atoms in total. The van der Waals surface area contributed by atoms with Gasteiger partial charge >= 0.3 is 23.1 Å². The van der Waals surface area contributed by atoms with Gasteiger partial charge in [-0.15, -0.1) is 11.6 Å². The van der Waals surface area contributed by atoms with Crippen LogP contribution in [0.2, 0.25) is 0 Å². The molecule has 0 saturated carbocycles. The van der Waals surface area contributed by atoms with Gasteiger partial charge in [-0.3, -0.25) is 0 Å². The van der Waals surface area contributed by atoms with Crippen molar-refractivity contribution in [1.82, 2.24) is 0 Å². The summed E-state index contributed by atoms with van der Waals surface area (Å²) in [4.78, 5) is 0. The fourth-order valence-electron chi connectivity index (χ4n) is 0.760. The molecular weight excluding hydrogens is 156 g/mol. The quantitative estimate of drug-likeness (QED) is 0.445. The second-order valence-corrected chi connectivity index (χ2v) is 2.33. The standard InChI is InChI=1S/C8H9Cl.Mg.2H/c1-7-4-2-3-5-8(7)6-9;;;/h2-5H,6H2,1H3;;;/q;+2;2*-1. The van der Waals surface area contributed by atoms with Crippen LogP contribution in [-0.4, -0.2) is 23.1 Å². The van der Waals surface area contributed by atoms with E-state index in [2.05, 4.69) is 13.0 Å². The molecule has 0 N–H and O–H groups in total. The van der Waals surface area contributed by atoms with Gasteiger partial charge < -0.3 is 2.85 Å². The molecule has 0 amide bonds. The summed E-state index contributed by atoms with van der Waals surface area (Å²) >= 11 is 5.63. The molecule has 0 heterocycles. The van der Waals surface area contributed by atoms with Crippen molar-refractivity contribution in [3.63, 3.8) is 0 Å². The van der Waals surface area contributed by atoms with Gasteiger partial charge in [0.15, 0.2) is 0 Å². The third-order valence-corrected chi connectivity index (χ3v) is 1.69. The van der Waals surface area contributed by atoms with Crippen LogP contribution < -0.4 is 0 Å². The fourth-order valence-corrected chi connectivity index (χ4v) is 1.06. The van der Waals surface area contributed by atoms with Crippen LogP contribution >= 0.6 is 11.6 Å². The maximum atomic E-state index is 5.63. The van der Waals surface area contributed by atoms with E-state index in [0.29, 0.717) is 5.88 Å². The molecule has 0 atom stereocenters. The van der Waals surface area contributed by atoms with Gasteiger partial charge in [-0.1, -0.05) is 24.3 Å². The first kappa shape index (κ1) is 10.3. The van der Waals surface area contributed by atoms with Gasteiger partial charge in [0.2, 0.25) is 0 Å². The van der Waals surface area contributed by atoms with Gasteiger partial charge in [0.05, 0.1) is 0 Å². The Bertz CT molecular complexity index is 206. The zero-order chi connectivity index (χ0) is 6.69. The Morgan fingerprint density at radius 2 is 2.00 bits per heavy atom. The maximum absolute atomic E-state index is 5.63. The molecule has 0 radical (unpaired) electrons. The molecule has 0 aliphatic rings. The van der Waals surface area contributed by atoms with E-state index in [1.807, 2.05) is 18.2 Å². The summed E-state index contributed by atoms with van der Waals surface area (Å²) in [6.07, 6.45) is 0. The van der Waals surface area contributed by atoms with Gasteiger partial charge in [0.25, 0.3) is 0 Å². The number of alkyl halides is 1. The Hall–Kier alpha value is 0.276. The molecule has 1 aromatic rings. The molecule has 0 aliphatic heterocycles. The van der Waals surface area contributed by atoms with Crippen LogP contribution in [0.4, 0.5) is 0 Å². The molecular formula is C8H11ClMg. The summed E-state index contributed by atoms with van der Waals surface area (Å²) < 4.78 is 0. The maximum Gasteiger partial charge on any atom is 2.00 e. The average Bonchev–Trinajstić information content (AvgIpc) is 1.89. The van der Waals surface area contributed by atoms with Crippen LogP contribution in [0.1, 0.15) is 14.0 Å². The Kier molecular flexibility index (Phi) is 5.14. The number of halogens is 1. The van der Waals surface area contributed by atoms with Gasteiger partial charge in [-0.25, -0.2) is 0 Å². The molecule has 0 unspecified atom stereocenters. The largest absolute Gasteiger partial charge is 2.00 e. The van der Waals surface area contributed by atoms with Crippen molar-refractivity contribution in [2.45, 2.75) is 12.8 Å². The van der Waals surface area contributed by atoms with Gasteiger partial charge in [-0.05, 0) is 18.1 Å². The summed E-state index contributed by atoms with van der Waals surface area (Å²) in [5.41, 5.74) is 2.49. The Labute approximate surface area is 85.7 Å². The minimum atomic E-state index is 0. The molecule has 0 saturated heterocycles. The van der Waals surface area contributed by atoms with Gasteiger partial charge in [-0.2, -0.15) is 0 Å². The van der Waals surface area contributed by atoms with Crippen LogP contribution in [0.3, 0.4) is 0 Å². The number of benzene rings is 1. The minimum Gasteiger partial charge on any atom is -1.00 e. The molecule has 0 fully saturated rings. The second kappa shape index (κ2) is 5.00. The molecule has 2 heteroatoms. The third kappa shape index (κ3) is 2.49. The van der Waals surface area contributed by atoms with Crippen molar-refractivity contribution in [2.75, 3.05) is 0 Å². The summed E-state index contributed by atoms with van der Waals surface area (Å²) in [7, 11) is 0. The third-order valence-electron chi connectivity index (χ3n) is 1.41. The van der Waals surface area contributed by atoms with E-state index in [1.165, 1.54) is 11.1 Å². The normalized spacial score (nSPS) is 8.60. The summed E-state index contributed by atoms with van der Waals surface area (Å²) in [5.74, 6) is 0.618. The molecule has 0 spiro atoms. The van der Waals surface area contributed by atoms with Crippen LogP contribution in [-0.2, 0) is 5.88 Å². The van der Waals surface area contributed by atoms with E-state index in [0.717, 1.165) is 0 Å². The molecule has 1 aromatic carbocycles. The predicted octanol–water partition coefficient (Wildman–Crippen LogP) is 2.58. The molecule has 10 heavy (non-hydrogen) atoms. The number of rotatable bonds is 1. The van der Waals surface area contributed by atoms with Crippen molar-refractivity contribution >= 4 is 34.7 Å². The first-order chi connectivity index (χ1) is 4.34. The zero-order valence-corrected chi connectivity index (χ0v) is 8.27. The molecule has 0 bridgehead atoms. The van der Waals surface area contributed by atoms with Crippen LogP contribution in [0.15, 0.2) is 24.3 Å². The Morgan fingerprint density at radius 3 is 2.40 bits per heavy atom. The Morgan fingerprint density at radius 1 is 1.40 bits per heavy atom. The van der Waals surface area contributed by atoms with Crippen molar-refractivity contribution in [1.29, 1.82) is 0 Å². The first-order valence-electron chi connectivity index (χ1n) is 2.95. The number of hydrogen-bond acceptors (Lipinski definition) is 0. The fraction of sp³-hybridized carbons (Fsp3) is 0.250. The number of aryl methyl sites for hydroxylation is 1. The van der Waals surface area contributed by atoms with Crippen molar-refractivity contribution in [3.8, 4) is 0 Å². The van der Waals surface area contributed by atoms with E-state index in [9.17, 15) is 0 Å². The van der Waals surface area contributed by atoms with E-state index < -0.39 is 0 Å². The Balaban J connectivity index is -0.000000270. The van der Waals surface area contributed by atoms with E-state index in [4.69, 9.17) is 11.6 Å². The molecule has 0 aromatic heterocycles. The SMILES string of the molecule is Cc1ccccc1CCl.[H-].[H-].[Mg+2]. The monoisotopic (exact) mass is 166 g/mol. The van der Waals surface area contributed by atoms with Crippen LogP contribution in [0.5, 0.6) is 0 Å². The summed E-state index contributed by atoms with van der Waals surface area (Å²) in [5, 5.41) is 0. The average molecular weight is 167 g/mol. The number of hydrogen-bond donors (Lipinski definition) is 0. The predicted molar refractivity (Wildman–Crippen MR) is 48.7 cm³/mol. The second-order valence-electron chi connectivity index (χ2n) is 2.06. The summed E-state index contributed by atoms with van der Waals surface area (Å²) in [6.45, 7) is 2.07. The van der Waals surface area contributed by atoms with Crippen molar-refractivity contribution in [3.05, 3.63) is 35.4 Å². The van der Waals surface area contributed by atoms with Crippen LogP contribution in [0.25, 0.3) is 0 Å². The molecule has 52 valence electrons. The molecule has 0 aliphatic carbocycles. The summed E-state index contributed by atoms with van der Waals surface area (Å²) in [6, 6.07) is 8.14. The molecule has 1 rings (SSSR count).